The lowest BCUT2D eigenvalue weighted by Crippen LogP contribution is -2.47. The average molecular weight is 457 g/mol. The van der Waals surface area contributed by atoms with Gasteiger partial charge in [-0.3, -0.25) is 9.69 Å². The standard InChI is InChI=1S/C24H32N4O3S/c1-31-20-2-4-21(5-3-20)32(30)22-9-14-28(15-10-22)24(29)19-7-12-27(13-8-19)17-18-6-11-26-23(25)16-18/h2-6,11,16,19,22H,7-10,12-15,17H2,1H3,(H2,25,26). The number of ether oxygens (including phenoxy) is 1. The van der Waals surface area contributed by atoms with Crippen LogP contribution in [-0.4, -0.2) is 63.8 Å². The van der Waals surface area contributed by atoms with Crippen molar-refractivity contribution in [3.8, 4) is 5.75 Å². The number of nitrogens with two attached hydrogens (primary N) is 1. The highest BCUT2D eigenvalue weighted by atomic mass is 32.2. The number of carbonyl (C=O) groups is 1. The van der Waals surface area contributed by atoms with Crippen LogP contribution in [0.2, 0.25) is 0 Å². The van der Waals surface area contributed by atoms with Crippen LogP contribution >= 0.6 is 0 Å². The highest BCUT2D eigenvalue weighted by Crippen LogP contribution is 2.28. The van der Waals surface area contributed by atoms with Crippen LogP contribution in [0.5, 0.6) is 5.75 Å². The minimum absolute atomic E-state index is 0.0948. The number of hydrogen-bond donors (Lipinski definition) is 1. The summed E-state index contributed by atoms with van der Waals surface area (Å²) in [5, 5.41) is 0.0992. The molecule has 3 heterocycles. The van der Waals surface area contributed by atoms with Crippen LogP contribution in [0, 0.1) is 5.92 Å². The van der Waals surface area contributed by atoms with E-state index < -0.39 is 11.2 Å². The van der Waals surface area contributed by atoms with Gasteiger partial charge in [0.15, 0.2) is 4.90 Å². The van der Waals surface area contributed by atoms with Crippen molar-refractivity contribution in [2.24, 2.45) is 5.92 Å². The number of piperidine rings is 2. The molecule has 2 saturated heterocycles. The highest BCUT2D eigenvalue weighted by molar-refractivity contribution is 7.92. The summed E-state index contributed by atoms with van der Waals surface area (Å²) in [5.41, 5.74) is 6.94. The van der Waals surface area contributed by atoms with Gasteiger partial charge in [-0.05, 0) is 79.1 Å². The lowest BCUT2D eigenvalue weighted by Gasteiger charge is -2.37. The molecule has 2 aromatic rings. The number of hydrogen-bond acceptors (Lipinski definition) is 6. The van der Waals surface area contributed by atoms with Gasteiger partial charge in [0.1, 0.15) is 16.8 Å². The number of carbonyl (C=O) groups excluding carboxylic acids is 1. The third-order valence-electron chi connectivity index (χ3n) is 6.54. The lowest BCUT2D eigenvalue weighted by molar-refractivity contribution is -0.138. The van der Waals surface area contributed by atoms with Crippen LogP contribution in [0.25, 0.3) is 0 Å². The van der Waals surface area contributed by atoms with Gasteiger partial charge >= 0.3 is 0 Å². The van der Waals surface area contributed by atoms with Crippen molar-refractivity contribution in [1.82, 2.24) is 14.8 Å². The van der Waals surface area contributed by atoms with Gasteiger partial charge < -0.3 is 19.9 Å². The number of rotatable bonds is 6. The molecular formula is C24H32N4O3S. The third kappa shape index (κ3) is 5.54. The van der Waals surface area contributed by atoms with Crippen molar-refractivity contribution < 1.29 is 14.1 Å². The maximum atomic E-state index is 13.1. The van der Waals surface area contributed by atoms with Crippen molar-refractivity contribution in [3.05, 3.63) is 48.2 Å². The molecule has 2 N–H and O–H groups in total. The number of anilines is 1. The second-order valence-electron chi connectivity index (χ2n) is 8.64. The van der Waals surface area contributed by atoms with Crippen LogP contribution in [-0.2, 0) is 22.5 Å². The first-order chi connectivity index (χ1) is 15.5. The molecule has 4 rings (SSSR count). The van der Waals surface area contributed by atoms with E-state index in [2.05, 4.69) is 9.88 Å². The van der Waals surface area contributed by atoms with E-state index in [1.807, 2.05) is 41.3 Å². The summed E-state index contributed by atoms with van der Waals surface area (Å²) >= 11 is -1.05. The molecule has 32 heavy (non-hydrogen) atoms. The Balaban J connectivity index is 1.23. The molecule has 0 bridgehead atoms. The first-order valence-electron chi connectivity index (χ1n) is 11.3. The molecular weight excluding hydrogens is 424 g/mol. The van der Waals surface area contributed by atoms with E-state index in [-0.39, 0.29) is 17.1 Å². The van der Waals surface area contributed by atoms with Gasteiger partial charge in [-0.25, -0.2) is 4.98 Å². The molecule has 7 nitrogen and oxygen atoms in total. The van der Waals surface area contributed by atoms with Crippen molar-refractivity contribution in [3.63, 3.8) is 0 Å². The summed E-state index contributed by atoms with van der Waals surface area (Å²) < 4.78 is 18.1. The summed E-state index contributed by atoms with van der Waals surface area (Å²) in [6.07, 6.45) is 5.08. The predicted molar refractivity (Wildman–Crippen MR) is 126 cm³/mol. The second-order valence-corrected chi connectivity index (χ2v) is 10.4. The molecule has 0 spiro atoms. The monoisotopic (exact) mass is 456 g/mol. The number of likely N-dealkylation sites (tertiary alicyclic amines) is 2. The van der Waals surface area contributed by atoms with Crippen LogP contribution in [0.3, 0.4) is 0 Å². The summed E-state index contributed by atoms with van der Waals surface area (Å²) in [5.74, 6) is 1.68. The molecule has 1 aromatic heterocycles. The number of pyridine rings is 1. The van der Waals surface area contributed by atoms with Gasteiger partial charge in [-0.1, -0.05) is 0 Å². The van der Waals surface area contributed by atoms with Crippen LogP contribution in [0.4, 0.5) is 5.82 Å². The highest BCUT2D eigenvalue weighted by Gasteiger charge is 2.34. The van der Waals surface area contributed by atoms with E-state index in [1.54, 1.807) is 13.3 Å². The zero-order valence-electron chi connectivity index (χ0n) is 18.6. The number of amides is 1. The van der Waals surface area contributed by atoms with Crippen LogP contribution < -0.4 is 10.5 Å². The largest absolute Gasteiger partial charge is 0.611 e. The zero-order valence-corrected chi connectivity index (χ0v) is 19.4. The fourth-order valence-corrected chi connectivity index (χ4v) is 6.07. The number of aromatic nitrogens is 1. The Morgan fingerprint density at radius 1 is 1.12 bits per heavy atom. The number of nitrogen functional groups attached to an aromatic ring is 1. The Morgan fingerprint density at radius 2 is 1.81 bits per heavy atom. The molecule has 2 aliphatic rings. The van der Waals surface area contributed by atoms with Gasteiger partial charge in [0.2, 0.25) is 5.91 Å². The van der Waals surface area contributed by atoms with Crippen LogP contribution in [0.15, 0.2) is 47.5 Å². The molecule has 1 amide bonds. The molecule has 2 aliphatic heterocycles. The molecule has 8 heteroatoms. The summed E-state index contributed by atoms with van der Waals surface area (Å²) in [6, 6.07) is 11.4. The van der Waals surface area contributed by atoms with Crippen molar-refractivity contribution in [1.29, 1.82) is 0 Å². The van der Waals surface area contributed by atoms with E-state index in [0.717, 1.165) is 61.5 Å². The topological polar surface area (TPSA) is 94.8 Å². The van der Waals surface area contributed by atoms with Gasteiger partial charge in [0.05, 0.1) is 7.11 Å². The normalized spacial score (nSPS) is 19.6. The Labute approximate surface area is 193 Å². The molecule has 0 saturated carbocycles. The summed E-state index contributed by atoms with van der Waals surface area (Å²) in [4.78, 5) is 22.3. The van der Waals surface area contributed by atoms with Gasteiger partial charge in [0, 0.05) is 44.6 Å². The number of methoxy groups -OCH3 is 1. The first-order valence-corrected chi connectivity index (χ1v) is 12.5. The minimum Gasteiger partial charge on any atom is -0.611 e. The Hall–Kier alpha value is -2.29. The minimum atomic E-state index is -1.05. The van der Waals surface area contributed by atoms with Gasteiger partial charge in [-0.2, -0.15) is 0 Å². The number of benzene rings is 1. The molecule has 1 atom stereocenters. The number of nitrogens with zero attached hydrogens (tertiary/aromatic N) is 3. The average Bonchev–Trinajstić information content (AvgIpc) is 2.84. The first kappa shape index (κ1) is 22.9. The molecule has 1 aromatic carbocycles. The molecule has 2 fully saturated rings. The van der Waals surface area contributed by atoms with Crippen molar-refractivity contribution >= 4 is 22.9 Å². The smallest absolute Gasteiger partial charge is 0.225 e. The Morgan fingerprint density at radius 3 is 2.44 bits per heavy atom. The van der Waals surface area contributed by atoms with Gasteiger partial charge in [0.25, 0.3) is 0 Å². The van der Waals surface area contributed by atoms with E-state index in [9.17, 15) is 9.35 Å². The van der Waals surface area contributed by atoms with Crippen molar-refractivity contribution in [2.75, 3.05) is 39.0 Å². The van der Waals surface area contributed by atoms with E-state index in [0.29, 0.717) is 18.9 Å². The zero-order chi connectivity index (χ0) is 22.5. The molecule has 0 aliphatic carbocycles. The maximum Gasteiger partial charge on any atom is 0.225 e. The second kappa shape index (κ2) is 10.6. The van der Waals surface area contributed by atoms with Gasteiger partial charge in [-0.15, -0.1) is 0 Å². The fourth-order valence-electron chi connectivity index (χ4n) is 4.64. The molecule has 0 radical (unpaired) electrons. The van der Waals surface area contributed by atoms with E-state index in [1.165, 1.54) is 0 Å². The van der Waals surface area contributed by atoms with E-state index >= 15 is 0 Å². The van der Waals surface area contributed by atoms with Crippen LogP contribution in [0.1, 0.15) is 31.2 Å². The lowest BCUT2D eigenvalue weighted by atomic mass is 9.94. The summed E-state index contributed by atoms with van der Waals surface area (Å²) in [7, 11) is 1.62. The molecule has 172 valence electrons. The van der Waals surface area contributed by atoms with Crippen molar-refractivity contribution in [2.45, 2.75) is 42.4 Å². The Kier molecular flexibility index (Phi) is 7.55. The summed E-state index contributed by atoms with van der Waals surface area (Å²) in [6.45, 7) is 4.06. The SMILES string of the molecule is COc1ccc([S+]([O-])C2CCN(C(=O)C3CCN(Cc4ccnc(N)c4)CC3)CC2)cc1. The Bertz CT molecular complexity index is 894. The maximum absolute atomic E-state index is 13.1. The predicted octanol–water partition coefficient (Wildman–Crippen LogP) is 2.68. The van der Waals surface area contributed by atoms with E-state index in [4.69, 9.17) is 10.5 Å². The third-order valence-corrected chi connectivity index (χ3v) is 8.35. The quantitative estimate of drug-likeness (QED) is 0.672. The molecule has 1 unspecified atom stereocenters. The fraction of sp³-hybridized carbons (Fsp3) is 0.500.